The van der Waals surface area contributed by atoms with Crippen molar-refractivity contribution in [2.45, 2.75) is 39.5 Å². The third-order valence-electron chi connectivity index (χ3n) is 4.07. The van der Waals surface area contributed by atoms with Gasteiger partial charge in [-0.1, -0.05) is 25.5 Å². The maximum absolute atomic E-state index is 6.19. The van der Waals surface area contributed by atoms with E-state index in [1.54, 1.807) is 0 Å². The second-order valence-electron chi connectivity index (χ2n) is 5.20. The van der Waals surface area contributed by atoms with E-state index in [9.17, 15) is 0 Å². The minimum Gasteiger partial charge on any atom is -0.397 e. The fraction of sp³-hybridized carbons (Fsp3) is 0.600. The minimum atomic E-state index is 0.908. The summed E-state index contributed by atoms with van der Waals surface area (Å²) < 4.78 is 0. The average Bonchev–Trinajstić information content (AvgIpc) is 2.58. The molecule has 94 valence electrons. The van der Waals surface area contributed by atoms with Crippen LogP contribution in [0, 0.1) is 12.8 Å². The van der Waals surface area contributed by atoms with Crippen molar-refractivity contribution in [3.05, 3.63) is 23.8 Å². The molecule has 1 aliphatic rings. The van der Waals surface area contributed by atoms with Crippen molar-refractivity contribution in [3.63, 3.8) is 0 Å². The van der Waals surface area contributed by atoms with Gasteiger partial charge in [-0.3, -0.25) is 0 Å². The molecular weight excluding hydrogens is 208 g/mol. The van der Waals surface area contributed by atoms with Gasteiger partial charge in [0.15, 0.2) is 0 Å². The normalized spacial score (nSPS) is 21.3. The summed E-state index contributed by atoms with van der Waals surface area (Å²) in [7, 11) is 0. The van der Waals surface area contributed by atoms with Crippen LogP contribution in [0.4, 0.5) is 11.4 Å². The molecule has 0 spiro atoms. The number of nitrogen functional groups attached to an aromatic ring is 1. The first kappa shape index (κ1) is 12.3. The molecule has 0 aromatic heterocycles. The van der Waals surface area contributed by atoms with Crippen LogP contribution in [-0.4, -0.2) is 13.1 Å². The topological polar surface area (TPSA) is 29.3 Å². The first-order valence-electron chi connectivity index (χ1n) is 6.82. The largest absolute Gasteiger partial charge is 0.397 e. The smallest absolute Gasteiger partial charge is 0.0602 e. The fourth-order valence-corrected chi connectivity index (χ4v) is 2.76. The van der Waals surface area contributed by atoms with Crippen LogP contribution >= 0.6 is 0 Å². The number of para-hydroxylation sites is 1. The number of anilines is 2. The van der Waals surface area contributed by atoms with Gasteiger partial charge in [0, 0.05) is 13.1 Å². The second-order valence-corrected chi connectivity index (χ2v) is 5.20. The van der Waals surface area contributed by atoms with Crippen molar-refractivity contribution in [1.29, 1.82) is 0 Å². The zero-order chi connectivity index (χ0) is 12.3. The SMILES string of the molecule is CCC1CCCN(c2cccc(C)c2N)CC1. The number of hydrogen-bond acceptors (Lipinski definition) is 2. The highest BCUT2D eigenvalue weighted by Crippen LogP contribution is 2.30. The Balaban J connectivity index is 2.14. The van der Waals surface area contributed by atoms with Crippen LogP contribution < -0.4 is 10.6 Å². The number of aryl methyl sites for hydroxylation is 1. The summed E-state index contributed by atoms with van der Waals surface area (Å²) >= 11 is 0. The molecule has 0 saturated carbocycles. The lowest BCUT2D eigenvalue weighted by molar-refractivity contribution is 0.459. The standard InChI is InChI=1S/C15H24N2/c1-3-13-7-5-10-17(11-9-13)14-8-4-6-12(2)15(14)16/h4,6,8,13H,3,5,7,9-11,16H2,1-2H3. The number of benzene rings is 1. The van der Waals surface area contributed by atoms with Crippen molar-refractivity contribution in [3.8, 4) is 0 Å². The minimum absolute atomic E-state index is 0.908. The Bertz CT molecular complexity index is 373. The van der Waals surface area contributed by atoms with Crippen molar-refractivity contribution < 1.29 is 0 Å². The molecule has 1 aliphatic heterocycles. The lowest BCUT2D eigenvalue weighted by Crippen LogP contribution is -2.25. The van der Waals surface area contributed by atoms with Gasteiger partial charge in [-0.2, -0.15) is 0 Å². The highest BCUT2D eigenvalue weighted by atomic mass is 15.1. The number of nitrogens with zero attached hydrogens (tertiary/aromatic N) is 1. The Morgan fingerprint density at radius 3 is 2.88 bits per heavy atom. The molecular formula is C15H24N2. The molecule has 1 atom stereocenters. The number of hydrogen-bond donors (Lipinski definition) is 1. The van der Waals surface area contributed by atoms with Crippen LogP contribution in [0.2, 0.25) is 0 Å². The van der Waals surface area contributed by atoms with Crippen LogP contribution in [-0.2, 0) is 0 Å². The summed E-state index contributed by atoms with van der Waals surface area (Å²) in [5, 5.41) is 0. The van der Waals surface area contributed by atoms with E-state index in [-0.39, 0.29) is 0 Å². The Labute approximate surface area is 105 Å². The predicted molar refractivity (Wildman–Crippen MR) is 75.4 cm³/mol. The zero-order valence-electron chi connectivity index (χ0n) is 11.1. The molecule has 2 nitrogen and oxygen atoms in total. The van der Waals surface area contributed by atoms with Gasteiger partial charge >= 0.3 is 0 Å². The summed E-state index contributed by atoms with van der Waals surface area (Å²) in [6.07, 6.45) is 5.30. The Morgan fingerprint density at radius 2 is 2.12 bits per heavy atom. The van der Waals surface area contributed by atoms with Gasteiger partial charge in [-0.25, -0.2) is 0 Å². The molecule has 1 aromatic rings. The van der Waals surface area contributed by atoms with E-state index >= 15 is 0 Å². The second kappa shape index (κ2) is 5.44. The molecule has 2 N–H and O–H groups in total. The lowest BCUT2D eigenvalue weighted by atomic mass is 9.98. The first-order chi connectivity index (χ1) is 8.22. The maximum Gasteiger partial charge on any atom is 0.0602 e. The van der Waals surface area contributed by atoms with Gasteiger partial charge in [0.05, 0.1) is 11.4 Å². The molecule has 1 unspecified atom stereocenters. The number of rotatable bonds is 2. The Morgan fingerprint density at radius 1 is 1.29 bits per heavy atom. The van der Waals surface area contributed by atoms with Crippen LogP contribution in [0.25, 0.3) is 0 Å². The van der Waals surface area contributed by atoms with E-state index in [0.717, 1.165) is 24.7 Å². The Kier molecular flexibility index (Phi) is 3.93. The van der Waals surface area contributed by atoms with E-state index in [1.807, 2.05) is 0 Å². The third-order valence-corrected chi connectivity index (χ3v) is 4.07. The van der Waals surface area contributed by atoms with Crippen LogP contribution in [0.15, 0.2) is 18.2 Å². The third kappa shape index (κ3) is 2.74. The molecule has 2 rings (SSSR count). The highest BCUT2D eigenvalue weighted by molar-refractivity contribution is 5.70. The fourth-order valence-electron chi connectivity index (χ4n) is 2.76. The summed E-state index contributed by atoms with van der Waals surface area (Å²) in [5.74, 6) is 0.908. The van der Waals surface area contributed by atoms with Crippen LogP contribution in [0.5, 0.6) is 0 Å². The van der Waals surface area contributed by atoms with Crippen molar-refractivity contribution in [2.75, 3.05) is 23.7 Å². The predicted octanol–water partition coefficient (Wildman–Crippen LogP) is 3.59. The molecule has 17 heavy (non-hydrogen) atoms. The van der Waals surface area contributed by atoms with Gasteiger partial charge in [0.25, 0.3) is 0 Å². The molecule has 1 saturated heterocycles. The van der Waals surface area contributed by atoms with Gasteiger partial charge in [0.2, 0.25) is 0 Å². The molecule has 2 heteroatoms. The van der Waals surface area contributed by atoms with Gasteiger partial charge in [0.1, 0.15) is 0 Å². The summed E-state index contributed by atoms with van der Waals surface area (Å²) in [6.45, 7) is 6.71. The zero-order valence-corrected chi connectivity index (χ0v) is 11.1. The van der Waals surface area contributed by atoms with Crippen LogP contribution in [0.3, 0.4) is 0 Å². The first-order valence-corrected chi connectivity index (χ1v) is 6.82. The molecule has 0 radical (unpaired) electrons. The van der Waals surface area contributed by atoms with Crippen LogP contribution in [0.1, 0.15) is 38.2 Å². The molecule has 1 heterocycles. The monoisotopic (exact) mass is 232 g/mol. The molecule has 1 aromatic carbocycles. The maximum atomic E-state index is 6.19. The van der Waals surface area contributed by atoms with Gasteiger partial charge in [-0.15, -0.1) is 0 Å². The van der Waals surface area contributed by atoms with E-state index in [1.165, 1.54) is 36.9 Å². The quantitative estimate of drug-likeness (QED) is 0.789. The average molecular weight is 232 g/mol. The van der Waals surface area contributed by atoms with E-state index in [0.29, 0.717) is 0 Å². The highest BCUT2D eigenvalue weighted by Gasteiger charge is 2.17. The summed E-state index contributed by atoms with van der Waals surface area (Å²) in [6, 6.07) is 6.36. The van der Waals surface area contributed by atoms with Crippen molar-refractivity contribution in [2.24, 2.45) is 5.92 Å². The van der Waals surface area contributed by atoms with E-state index in [4.69, 9.17) is 5.73 Å². The molecule has 0 aliphatic carbocycles. The molecule has 0 bridgehead atoms. The lowest BCUT2D eigenvalue weighted by Gasteiger charge is -2.25. The molecule has 1 fully saturated rings. The van der Waals surface area contributed by atoms with Crippen molar-refractivity contribution >= 4 is 11.4 Å². The summed E-state index contributed by atoms with van der Waals surface area (Å²) in [4.78, 5) is 2.47. The van der Waals surface area contributed by atoms with Crippen molar-refractivity contribution in [1.82, 2.24) is 0 Å². The van der Waals surface area contributed by atoms with Gasteiger partial charge < -0.3 is 10.6 Å². The molecule has 0 amide bonds. The van der Waals surface area contributed by atoms with Gasteiger partial charge in [-0.05, 0) is 43.7 Å². The summed E-state index contributed by atoms with van der Waals surface area (Å²) in [5.41, 5.74) is 9.58. The van der Waals surface area contributed by atoms with E-state index < -0.39 is 0 Å². The number of nitrogens with two attached hydrogens (primary N) is 1. The van der Waals surface area contributed by atoms with E-state index in [2.05, 4.69) is 36.9 Å². The Hall–Kier alpha value is -1.18.